The molecule has 1 aromatic heterocycles. The molecule has 0 spiro atoms. The number of hydrogen-bond acceptors (Lipinski definition) is 3. The fraction of sp³-hybridized carbons (Fsp3) is 0.111. The number of carboxylic acids is 1. The van der Waals surface area contributed by atoms with E-state index < -0.39 is 23.5 Å². The van der Waals surface area contributed by atoms with Crippen LogP contribution in [0.15, 0.2) is 59.3 Å². The molecule has 122 valence electrons. The van der Waals surface area contributed by atoms with Crippen molar-refractivity contribution in [2.75, 3.05) is 0 Å². The van der Waals surface area contributed by atoms with Gasteiger partial charge in [0.15, 0.2) is 0 Å². The summed E-state index contributed by atoms with van der Waals surface area (Å²) in [6, 6.07) is 9.97. The minimum absolute atomic E-state index is 0.169. The maximum absolute atomic E-state index is 14.1. The summed E-state index contributed by atoms with van der Waals surface area (Å²) >= 11 is 0. The van der Waals surface area contributed by atoms with Crippen LogP contribution in [0.3, 0.4) is 0 Å². The number of carboxylic acid groups (broad SMARTS) is 1. The molecule has 0 saturated heterocycles. The molecule has 0 aliphatic heterocycles. The van der Waals surface area contributed by atoms with Gasteiger partial charge in [0.2, 0.25) is 5.89 Å². The molecule has 6 heteroatoms. The first-order valence-corrected chi connectivity index (χ1v) is 7.21. The maximum Gasteiger partial charge on any atom is 0.304 e. The van der Waals surface area contributed by atoms with Crippen molar-refractivity contribution in [2.24, 2.45) is 0 Å². The second-order valence-electron chi connectivity index (χ2n) is 5.27. The lowest BCUT2D eigenvalue weighted by molar-refractivity contribution is -0.137. The summed E-state index contributed by atoms with van der Waals surface area (Å²) < 4.78 is 33.2. The Morgan fingerprint density at radius 2 is 2.00 bits per heavy atom. The Morgan fingerprint density at radius 1 is 1.21 bits per heavy atom. The van der Waals surface area contributed by atoms with E-state index in [1.165, 1.54) is 36.7 Å². The molecule has 4 nitrogen and oxygen atoms in total. The van der Waals surface area contributed by atoms with Gasteiger partial charge in [-0.3, -0.25) is 4.79 Å². The normalized spacial score (nSPS) is 12.1. The fourth-order valence-corrected chi connectivity index (χ4v) is 2.59. The second-order valence-corrected chi connectivity index (χ2v) is 5.27. The molecule has 2 aromatic carbocycles. The van der Waals surface area contributed by atoms with E-state index in [9.17, 15) is 13.6 Å². The van der Waals surface area contributed by atoms with Gasteiger partial charge >= 0.3 is 5.97 Å². The average Bonchev–Trinajstić information content (AvgIpc) is 3.06. The fourth-order valence-electron chi connectivity index (χ4n) is 2.59. The van der Waals surface area contributed by atoms with E-state index in [2.05, 4.69) is 4.98 Å². The molecule has 24 heavy (non-hydrogen) atoms. The molecule has 1 atom stereocenters. The summed E-state index contributed by atoms with van der Waals surface area (Å²) in [6.45, 7) is 0. The quantitative estimate of drug-likeness (QED) is 0.761. The molecule has 0 fully saturated rings. The Kier molecular flexibility index (Phi) is 4.37. The Labute approximate surface area is 136 Å². The van der Waals surface area contributed by atoms with Gasteiger partial charge in [-0.15, -0.1) is 0 Å². The molecular weight excluding hydrogens is 316 g/mol. The third kappa shape index (κ3) is 3.32. The molecule has 0 aliphatic carbocycles. The van der Waals surface area contributed by atoms with Crippen molar-refractivity contribution in [3.8, 4) is 11.1 Å². The van der Waals surface area contributed by atoms with Gasteiger partial charge in [-0.2, -0.15) is 0 Å². The van der Waals surface area contributed by atoms with Crippen LogP contribution in [0.5, 0.6) is 0 Å². The van der Waals surface area contributed by atoms with E-state index in [1.807, 2.05) is 0 Å². The van der Waals surface area contributed by atoms with Gasteiger partial charge in [0, 0.05) is 5.56 Å². The molecule has 0 saturated carbocycles. The highest BCUT2D eigenvalue weighted by Gasteiger charge is 2.23. The molecule has 1 unspecified atom stereocenters. The largest absolute Gasteiger partial charge is 0.481 e. The van der Waals surface area contributed by atoms with E-state index in [1.54, 1.807) is 18.2 Å². The summed E-state index contributed by atoms with van der Waals surface area (Å²) in [5.41, 5.74) is 0.919. The molecule has 1 N–H and O–H groups in total. The number of oxazole rings is 1. The summed E-state index contributed by atoms with van der Waals surface area (Å²) in [7, 11) is 0. The first kappa shape index (κ1) is 15.9. The van der Waals surface area contributed by atoms with E-state index in [-0.39, 0.29) is 17.9 Å². The topological polar surface area (TPSA) is 63.3 Å². The van der Waals surface area contributed by atoms with Crippen molar-refractivity contribution in [1.82, 2.24) is 4.98 Å². The molecule has 0 radical (unpaired) electrons. The summed E-state index contributed by atoms with van der Waals surface area (Å²) in [6.07, 6.45) is 2.39. The van der Waals surface area contributed by atoms with Gasteiger partial charge in [0.05, 0.1) is 18.5 Å². The first-order valence-electron chi connectivity index (χ1n) is 7.21. The standard InChI is InChI=1S/C18H13F2NO3/c19-13-8-11(14-3-1-2-4-16(14)20)7-12(9-13)15(10-17(22)23)18-21-5-6-24-18/h1-9,15H,10H2,(H,22,23). The van der Waals surface area contributed by atoms with Gasteiger partial charge in [-0.05, 0) is 29.3 Å². The van der Waals surface area contributed by atoms with Crippen molar-refractivity contribution in [1.29, 1.82) is 0 Å². The average molecular weight is 329 g/mol. The van der Waals surface area contributed by atoms with Crippen molar-refractivity contribution in [3.63, 3.8) is 0 Å². The molecule has 1 heterocycles. The molecule has 0 bridgehead atoms. The van der Waals surface area contributed by atoms with Crippen LogP contribution in [0.1, 0.15) is 23.8 Å². The Hall–Kier alpha value is -3.02. The zero-order chi connectivity index (χ0) is 17.1. The highest BCUT2D eigenvalue weighted by atomic mass is 19.1. The van der Waals surface area contributed by atoms with Crippen molar-refractivity contribution < 1.29 is 23.1 Å². The predicted molar refractivity (Wildman–Crippen MR) is 82.4 cm³/mol. The lowest BCUT2D eigenvalue weighted by Gasteiger charge is -2.14. The van der Waals surface area contributed by atoms with Gasteiger partial charge < -0.3 is 9.52 Å². The number of aliphatic carboxylic acids is 1. The lowest BCUT2D eigenvalue weighted by atomic mass is 9.92. The van der Waals surface area contributed by atoms with E-state index in [4.69, 9.17) is 9.52 Å². The number of benzene rings is 2. The maximum atomic E-state index is 14.1. The number of hydrogen-bond donors (Lipinski definition) is 1. The zero-order valence-corrected chi connectivity index (χ0v) is 12.4. The van der Waals surface area contributed by atoms with Crippen LogP contribution < -0.4 is 0 Å². The van der Waals surface area contributed by atoms with Crippen LogP contribution in [0.2, 0.25) is 0 Å². The van der Waals surface area contributed by atoms with Crippen LogP contribution in [-0.4, -0.2) is 16.1 Å². The van der Waals surface area contributed by atoms with Gasteiger partial charge in [-0.1, -0.05) is 24.3 Å². The first-order chi connectivity index (χ1) is 11.5. The van der Waals surface area contributed by atoms with Crippen molar-refractivity contribution >= 4 is 5.97 Å². The van der Waals surface area contributed by atoms with Crippen LogP contribution in [0.25, 0.3) is 11.1 Å². The van der Waals surface area contributed by atoms with Gasteiger partial charge in [-0.25, -0.2) is 13.8 Å². The van der Waals surface area contributed by atoms with Crippen LogP contribution >= 0.6 is 0 Å². The monoisotopic (exact) mass is 329 g/mol. The zero-order valence-electron chi connectivity index (χ0n) is 12.4. The third-order valence-corrected chi connectivity index (χ3v) is 3.64. The van der Waals surface area contributed by atoms with Crippen LogP contribution in [0, 0.1) is 11.6 Å². The smallest absolute Gasteiger partial charge is 0.304 e. The number of rotatable bonds is 5. The molecule has 0 aliphatic rings. The lowest BCUT2D eigenvalue weighted by Crippen LogP contribution is -2.09. The number of aromatic nitrogens is 1. The molecule has 3 rings (SSSR count). The van der Waals surface area contributed by atoms with Gasteiger partial charge in [0.1, 0.15) is 17.9 Å². The number of nitrogens with zero attached hydrogens (tertiary/aromatic N) is 1. The predicted octanol–water partition coefficient (Wildman–Crippen LogP) is 4.23. The van der Waals surface area contributed by atoms with E-state index in [0.717, 1.165) is 0 Å². The summed E-state index contributed by atoms with van der Waals surface area (Å²) in [4.78, 5) is 15.1. The van der Waals surface area contributed by atoms with Crippen LogP contribution in [-0.2, 0) is 4.79 Å². The Balaban J connectivity index is 2.10. The summed E-state index contributed by atoms with van der Waals surface area (Å²) in [5.74, 6) is -2.75. The summed E-state index contributed by atoms with van der Waals surface area (Å²) in [5, 5.41) is 9.12. The number of carbonyl (C=O) groups is 1. The molecular formula is C18H13F2NO3. The Bertz CT molecular complexity index is 862. The van der Waals surface area contributed by atoms with Crippen molar-refractivity contribution in [2.45, 2.75) is 12.3 Å². The van der Waals surface area contributed by atoms with E-state index in [0.29, 0.717) is 11.1 Å². The third-order valence-electron chi connectivity index (χ3n) is 3.64. The van der Waals surface area contributed by atoms with Gasteiger partial charge in [0.25, 0.3) is 0 Å². The highest BCUT2D eigenvalue weighted by Crippen LogP contribution is 2.32. The molecule has 0 amide bonds. The second kappa shape index (κ2) is 6.62. The molecule has 3 aromatic rings. The number of halogens is 2. The minimum atomic E-state index is -1.07. The Morgan fingerprint density at radius 3 is 2.67 bits per heavy atom. The minimum Gasteiger partial charge on any atom is -0.481 e. The van der Waals surface area contributed by atoms with Crippen molar-refractivity contribution in [3.05, 3.63) is 78.0 Å². The highest BCUT2D eigenvalue weighted by molar-refractivity contribution is 5.70. The van der Waals surface area contributed by atoms with Crippen LogP contribution in [0.4, 0.5) is 8.78 Å². The SMILES string of the molecule is O=C(O)CC(c1cc(F)cc(-c2ccccc2F)c1)c1ncco1. The van der Waals surface area contributed by atoms with E-state index >= 15 is 0 Å².